The largest absolute Gasteiger partial charge is 0.494 e. The first-order valence-corrected chi connectivity index (χ1v) is 12.9. The number of pyridine rings is 1. The molecule has 3 aromatic carbocycles. The van der Waals surface area contributed by atoms with Crippen LogP contribution in [0.2, 0.25) is 0 Å². The van der Waals surface area contributed by atoms with Gasteiger partial charge < -0.3 is 19.5 Å². The van der Waals surface area contributed by atoms with Gasteiger partial charge in [-0.25, -0.2) is 0 Å². The molecule has 0 amide bonds. The fourth-order valence-electron chi connectivity index (χ4n) is 4.74. The molecule has 0 unspecified atom stereocenters. The van der Waals surface area contributed by atoms with Gasteiger partial charge in [-0.15, -0.1) is 0 Å². The third kappa shape index (κ3) is 6.70. The van der Waals surface area contributed by atoms with Crippen LogP contribution < -0.4 is 10.1 Å². The second kappa shape index (κ2) is 12.6. The molecule has 0 bridgehead atoms. The van der Waals surface area contributed by atoms with E-state index in [1.807, 2.05) is 18.2 Å². The van der Waals surface area contributed by atoms with Gasteiger partial charge in [0.2, 0.25) is 0 Å². The van der Waals surface area contributed by atoms with Gasteiger partial charge >= 0.3 is 0 Å². The van der Waals surface area contributed by atoms with E-state index in [9.17, 15) is 0 Å². The average molecular weight is 483 g/mol. The maximum Gasteiger partial charge on any atom is 0.119 e. The summed E-state index contributed by atoms with van der Waals surface area (Å²) in [4.78, 5) is 4.26. The Balaban J connectivity index is 1.09. The molecule has 1 N–H and O–H groups in total. The molecule has 1 aromatic heterocycles. The first kappa shape index (κ1) is 24.4. The van der Waals surface area contributed by atoms with Crippen molar-refractivity contribution in [2.45, 2.75) is 38.1 Å². The van der Waals surface area contributed by atoms with Crippen LogP contribution in [0.15, 0.2) is 91.1 Å². The molecule has 0 aliphatic carbocycles. The summed E-state index contributed by atoms with van der Waals surface area (Å²) >= 11 is 0. The molecular formula is C31H34N2O3. The molecule has 0 saturated carbocycles. The van der Waals surface area contributed by atoms with Gasteiger partial charge in [0.05, 0.1) is 38.2 Å². The predicted molar refractivity (Wildman–Crippen MR) is 143 cm³/mol. The maximum atomic E-state index is 6.44. The number of aromatic nitrogens is 1. The van der Waals surface area contributed by atoms with Gasteiger partial charge in [-0.2, -0.15) is 0 Å². The lowest BCUT2D eigenvalue weighted by atomic mass is 9.87. The molecule has 2 heterocycles. The van der Waals surface area contributed by atoms with Crippen LogP contribution in [0.1, 0.15) is 35.6 Å². The Morgan fingerprint density at radius 3 is 2.56 bits per heavy atom. The van der Waals surface area contributed by atoms with Gasteiger partial charge in [0.1, 0.15) is 5.75 Å². The predicted octanol–water partition coefficient (Wildman–Crippen LogP) is 5.88. The highest BCUT2D eigenvalue weighted by Crippen LogP contribution is 2.30. The molecular weight excluding hydrogens is 448 g/mol. The number of fused-ring (bicyclic) bond motifs is 1. The summed E-state index contributed by atoms with van der Waals surface area (Å²) < 4.78 is 18.0. The van der Waals surface area contributed by atoms with E-state index in [0.717, 1.165) is 37.4 Å². The second-order valence-electron chi connectivity index (χ2n) is 9.27. The second-order valence-corrected chi connectivity index (χ2v) is 9.27. The van der Waals surface area contributed by atoms with Crippen molar-refractivity contribution in [2.75, 3.05) is 26.3 Å². The molecule has 1 aliphatic rings. The first-order chi connectivity index (χ1) is 17.8. The van der Waals surface area contributed by atoms with Crippen LogP contribution in [0.5, 0.6) is 5.75 Å². The molecule has 36 heavy (non-hydrogen) atoms. The number of hydrogen-bond acceptors (Lipinski definition) is 5. The van der Waals surface area contributed by atoms with Crippen molar-refractivity contribution >= 4 is 10.8 Å². The van der Waals surface area contributed by atoms with Crippen LogP contribution in [0.25, 0.3) is 10.8 Å². The highest BCUT2D eigenvalue weighted by molar-refractivity contribution is 5.82. The highest BCUT2D eigenvalue weighted by atomic mass is 16.5. The van der Waals surface area contributed by atoms with Gasteiger partial charge in [0, 0.05) is 25.1 Å². The number of benzene rings is 3. The molecule has 1 aliphatic heterocycles. The summed E-state index contributed by atoms with van der Waals surface area (Å²) in [6, 6.07) is 29.4. The third-order valence-corrected chi connectivity index (χ3v) is 6.69. The molecule has 5 rings (SSSR count). The van der Waals surface area contributed by atoms with Gasteiger partial charge in [0.25, 0.3) is 0 Å². The number of piperidine rings is 1. The standard InChI is InChI=1S/C31H34N2O3/c1-2-7-27-20-24(9-10-25(27)6-1)22-36-31-21-32-17-15-30(31)26-11-13-29(14-12-26)35-19-5-18-34-23-28-8-3-4-16-33-28/h1-4,6-14,16,20,30-32H,5,15,17-19,21-23H2/t30-,31+/m1/s1. The molecule has 0 spiro atoms. The van der Waals surface area contributed by atoms with Crippen LogP contribution in [-0.4, -0.2) is 37.4 Å². The lowest BCUT2D eigenvalue weighted by molar-refractivity contribution is 0.0106. The summed E-state index contributed by atoms with van der Waals surface area (Å²) in [5.74, 6) is 1.27. The minimum absolute atomic E-state index is 0.147. The number of nitrogens with one attached hydrogen (secondary N) is 1. The Kier molecular flexibility index (Phi) is 8.58. The van der Waals surface area contributed by atoms with Crippen LogP contribution in [0.3, 0.4) is 0 Å². The average Bonchev–Trinajstić information content (AvgIpc) is 2.95. The number of nitrogens with zero attached hydrogens (tertiary/aromatic N) is 1. The van der Waals surface area contributed by atoms with E-state index in [1.165, 1.54) is 21.9 Å². The fourth-order valence-corrected chi connectivity index (χ4v) is 4.74. The van der Waals surface area contributed by atoms with E-state index in [-0.39, 0.29) is 6.10 Å². The van der Waals surface area contributed by atoms with Crippen molar-refractivity contribution in [3.63, 3.8) is 0 Å². The highest BCUT2D eigenvalue weighted by Gasteiger charge is 2.27. The summed E-state index contributed by atoms with van der Waals surface area (Å²) in [5.41, 5.74) is 3.48. The first-order valence-electron chi connectivity index (χ1n) is 12.9. The van der Waals surface area contributed by atoms with Crippen molar-refractivity contribution in [1.82, 2.24) is 10.3 Å². The summed E-state index contributed by atoms with van der Waals surface area (Å²) in [6.07, 6.45) is 3.84. The Labute approximate surface area is 213 Å². The quantitative estimate of drug-likeness (QED) is 0.271. The summed E-state index contributed by atoms with van der Waals surface area (Å²) in [5, 5.41) is 6.02. The number of hydrogen-bond donors (Lipinski definition) is 1. The summed E-state index contributed by atoms with van der Waals surface area (Å²) in [6.45, 7) is 4.33. The van der Waals surface area contributed by atoms with E-state index in [2.05, 4.69) is 77.0 Å². The van der Waals surface area contributed by atoms with Crippen LogP contribution >= 0.6 is 0 Å². The van der Waals surface area contributed by atoms with Crippen molar-refractivity contribution in [3.8, 4) is 5.75 Å². The molecule has 5 heteroatoms. The Hall–Kier alpha value is -3.25. The van der Waals surface area contributed by atoms with Gasteiger partial charge in [0.15, 0.2) is 0 Å². The van der Waals surface area contributed by atoms with Crippen LogP contribution in [0.4, 0.5) is 0 Å². The molecule has 186 valence electrons. The SMILES string of the molecule is c1ccc(COCCCOc2ccc([C@H]3CCNC[C@@H]3OCc3ccc4ccccc4c3)cc2)nc1. The molecule has 4 aromatic rings. The summed E-state index contributed by atoms with van der Waals surface area (Å²) in [7, 11) is 0. The van der Waals surface area contributed by atoms with Gasteiger partial charge in [-0.05, 0) is 65.2 Å². The van der Waals surface area contributed by atoms with E-state index in [1.54, 1.807) is 6.20 Å². The van der Waals surface area contributed by atoms with Crippen LogP contribution in [-0.2, 0) is 22.7 Å². The normalized spacial score (nSPS) is 17.8. The maximum absolute atomic E-state index is 6.44. The third-order valence-electron chi connectivity index (χ3n) is 6.69. The zero-order chi connectivity index (χ0) is 24.4. The number of ether oxygens (including phenoxy) is 3. The zero-order valence-electron chi connectivity index (χ0n) is 20.6. The lowest BCUT2D eigenvalue weighted by Gasteiger charge is -2.32. The van der Waals surface area contributed by atoms with E-state index in [0.29, 0.717) is 32.3 Å². The molecule has 1 saturated heterocycles. The molecule has 1 fully saturated rings. The zero-order valence-corrected chi connectivity index (χ0v) is 20.6. The molecule has 0 radical (unpaired) electrons. The Morgan fingerprint density at radius 2 is 1.69 bits per heavy atom. The van der Waals surface area contributed by atoms with Gasteiger partial charge in [-0.1, -0.05) is 54.6 Å². The van der Waals surface area contributed by atoms with Crippen molar-refractivity contribution in [1.29, 1.82) is 0 Å². The monoisotopic (exact) mass is 482 g/mol. The van der Waals surface area contributed by atoms with Crippen molar-refractivity contribution in [3.05, 3.63) is 108 Å². The number of rotatable bonds is 11. The molecule has 2 atom stereocenters. The Bertz CT molecular complexity index is 1210. The smallest absolute Gasteiger partial charge is 0.119 e. The fraction of sp³-hybridized carbons (Fsp3) is 0.323. The van der Waals surface area contributed by atoms with Crippen molar-refractivity contribution in [2.24, 2.45) is 0 Å². The minimum atomic E-state index is 0.147. The topological polar surface area (TPSA) is 52.6 Å². The van der Waals surface area contributed by atoms with E-state index >= 15 is 0 Å². The van der Waals surface area contributed by atoms with E-state index < -0.39 is 0 Å². The van der Waals surface area contributed by atoms with Crippen molar-refractivity contribution < 1.29 is 14.2 Å². The van der Waals surface area contributed by atoms with E-state index in [4.69, 9.17) is 14.2 Å². The van der Waals surface area contributed by atoms with Crippen LogP contribution in [0, 0.1) is 0 Å². The van der Waals surface area contributed by atoms with Gasteiger partial charge in [-0.3, -0.25) is 4.98 Å². The molecule has 5 nitrogen and oxygen atoms in total. The minimum Gasteiger partial charge on any atom is -0.494 e. The lowest BCUT2D eigenvalue weighted by Crippen LogP contribution is -2.40. The Morgan fingerprint density at radius 1 is 0.833 bits per heavy atom.